The molecule has 30 heavy (non-hydrogen) atoms. The molecule has 1 spiro atoms. The fourth-order valence-corrected chi connectivity index (χ4v) is 5.86. The van der Waals surface area contributed by atoms with Gasteiger partial charge in [0.1, 0.15) is 6.54 Å². The molecule has 1 amide bonds. The van der Waals surface area contributed by atoms with Crippen LogP contribution in [0.3, 0.4) is 0 Å². The lowest BCUT2D eigenvalue weighted by atomic mass is 9.74. The lowest BCUT2D eigenvalue weighted by Gasteiger charge is -2.37. The van der Waals surface area contributed by atoms with Gasteiger partial charge >= 0.3 is 5.97 Å². The van der Waals surface area contributed by atoms with Gasteiger partial charge in [-0.1, -0.05) is 29.8 Å². The van der Waals surface area contributed by atoms with E-state index in [0.29, 0.717) is 23.6 Å². The van der Waals surface area contributed by atoms with Crippen molar-refractivity contribution in [1.82, 2.24) is 4.31 Å². The van der Waals surface area contributed by atoms with Gasteiger partial charge in [-0.2, -0.15) is 4.31 Å². The molecule has 158 valence electrons. The maximum atomic E-state index is 13.4. The minimum absolute atomic E-state index is 0.166. The van der Waals surface area contributed by atoms with Crippen molar-refractivity contribution in [2.24, 2.45) is 0 Å². The Kier molecular flexibility index (Phi) is 5.34. The van der Waals surface area contributed by atoms with Crippen LogP contribution in [-0.2, 0) is 29.8 Å². The number of sulfonamides is 1. The third-order valence-corrected chi connectivity index (χ3v) is 8.07. The van der Waals surface area contributed by atoms with Crippen LogP contribution < -0.4 is 4.90 Å². The first-order chi connectivity index (χ1) is 14.3. The second-order valence-electron chi connectivity index (χ2n) is 7.42. The molecule has 0 aliphatic carbocycles. The summed E-state index contributed by atoms with van der Waals surface area (Å²) in [6.07, 6.45) is 0.681. The van der Waals surface area contributed by atoms with Crippen molar-refractivity contribution < 1.29 is 22.7 Å². The highest BCUT2D eigenvalue weighted by atomic mass is 35.5. The van der Waals surface area contributed by atoms with Gasteiger partial charge in [0.25, 0.3) is 0 Å². The van der Waals surface area contributed by atoms with Gasteiger partial charge in [0.15, 0.2) is 0 Å². The van der Waals surface area contributed by atoms with Crippen LogP contribution in [0.5, 0.6) is 0 Å². The van der Waals surface area contributed by atoms with Crippen LogP contribution in [0.15, 0.2) is 53.4 Å². The number of carbonyl (C=O) groups excluding carboxylic acids is 2. The molecule has 4 rings (SSSR count). The number of hydrogen-bond acceptors (Lipinski definition) is 5. The molecule has 9 heteroatoms. The van der Waals surface area contributed by atoms with E-state index in [2.05, 4.69) is 0 Å². The molecule has 0 unspecified atom stereocenters. The summed E-state index contributed by atoms with van der Waals surface area (Å²) in [6, 6.07) is 13.4. The summed E-state index contributed by atoms with van der Waals surface area (Å²) in [5.74, 6) is -0.685. The van der Waals surface area contributed by atoms with E-state index in [0.717, 1.165) is 5.56 Å². The highest BCUT2D eigenvalue weighted by molar-refractivity contribution is 7.89. The molecule has 7 nitrogen and oxygen atoms in total. The molecular formula is C21H21ClN2O5S. The van der Waals surface area contributed by atoms with Crippen LogP contribution in [0, 0.1) is 0 Å². The van der Waals surface area contributed by atoms with Crippen molar-refractivity contribution >= 4 is 39.2 Å². The molecule has 2 heterocycles. The van der Waals surface area contributed by atoms with E-state index in [-0.39, 0.29) is 30.4 Å². The fourth-order valence-electron chi connectivity index (χ4n) is 4.29. The maximum Gasteiger partial charge on any atom is 0.325 e. The van der Waals surface area contributed by atoms with Crippen LogP contribution in [0.1, 0.15) is 18.4 Å². The molecule has 1 fully saturated rings. The number of benzene rings is 2. The van der Waals surface area contributed by atoms with Gasteiger partial charge in [0.2, 0.25) is 15.9 Å². The van der Waals surface area contributed by atoms with Gasteiger partial charge in [0, 0.05) is 23.8 Å². The Morgan fingerprint density at radius 2 is 1.73 bits per heavy atom. The fraction of sp³-hybridized carbons (Fsp3) is 0.333. The molecule has 2 aromatic rings. The largest absolute Gasteiger partial charge is 0.468 e. The predicted molar refractivity (Wildman–Crippen MR) is 112 cm³/mol. The average Bonchev–Trinajstić information content (AvgIpc) is 2.97. The number of esters is 1. The summed E-state index contributed by atoms with van der Waals surface area (Å²) in [5.41, 5.74) is 0.681. The lowest BCUT2D eigenvalue weighted by molar-refractivity contribution is -0.140. The quantitative estimate of drug-likeness (QED) is 0.671. The highest BCUT2D eigenvalue weighted by Gasteiger charge is 2.53. The van der Waals surface area contributed by atoms with Crippen molar-refractivity contribution in [2.45, 2.75) is 23.2 Å². The van der Waals surface area contributed by atoms with Crippen molar-refractivity contribution in [2.75, 3.05) is 31.6 Å². The van der Waals surface area contributed by atoms with Crippen LogP contribution in [-0.4, -0.2) is 51.3 Å². The Labute approximate surface area is 180 Å². The highest BCUT2D eigenvalue weighted by Crippen LogP contribution is 2.48. The van der Waals surface area contributed by atoms with Crippen LogP contribution in [0.2, 0.25) is 5.02 Å². The number of methoxy groups -OCH3 is 1. The van der Waals surface area contributed by atoms with E-state index in [9.17, 15) is 18.0 Å². The van der Waals surface area contributed by atoms with Gasteiger partial charge in [-0.15, -0.1) is 0 Å². The average molecular weight is 449 g/mol. The maximum absolute atomic E-state index is 13.4. The smallest absolute Gasteiger partial charge is 0.325 e. The number of amides is 1. The molecule has 2 aliphatic heterocycles. The molecule has 2 aromatic carbocycles. The van der Waals surface area contributed by atoms with E-state index in [1.807, 2.05) is 24.3 Å². The minimum atomic E-state index is -3.68. The topological polar surface area (TPSA) is 84.0 Å². The van der Waals surface area contributed by atoms with Gasteiger partial charge in [-0.25, -0.2) is 8.42 Å². The zero-order valence-electron chi connectivity index (χ0n) is 16.4. The summed E-state index contributed by atoms with van der Waals surface area (Å²) in [7, 11) is -2.40. The number of ether oxygens (including phenoxy) is 1. The number of hydrogen-bond donors (Lipinski definition) is 0. The number of para-hydroxylation sites is 1. The van der Waals surface area contributed by atoms with Gasteiger partial charge in [-0.3, -0.25) is 9.59 Å². The normalized spacial score (nSPS) is 18.5. The van der Waals surface area contributed by atoms with E-state index in [1.54, 1.807) is 12.1 Å². The Bertz CT molecular complexity index is 1090. The van der Waals surface area contributed by atoms with Crippen molar-refractivity contribution in [3.8, 4) is 0 Å². The number of rotatable bonds is 4. The number of nitrogens with zero attached hydrogens (tertiary/aromatic N) is 2. The molecule has 0 N–H and O–H groups in total. The Hall–Kier alpha value is -2.42. The molecule has 0 saturated carbocycles. The predicted octanol–water partition coefficient (Wildman–Crippen LogP) is 2.58. The molecule has 1 saturated heterocycles. The number of anilines is 1. The summed E-state index contributed by atoms with van der Waals surface area (Å²) < 4.78 is 32.2. The number of piperidine rings is 1. The summed E-state index contributed by atoms with van der Waals surface area (Å²) >= 11 is 5.87. The van der Waals surface area contributed by atoms with Crippen molar-refractivity contribution in [3.63, 3.8) is 0 Å². The van der Waals surface area contributed by atoms with Crippen molar-refractivity contribution in [1.29, 1.82) is 0 Å². The molecule has 0 bridgehead atoms. The van der Waals surface area contributed by atoms with E-state index >= 15 is 0 Å². The summed E-state index contributed by atoms with van der Waals surface area (Å²) in [4.78, 5) is 26.9. The van der Waals surface area contributed by atoms with Crippen LogP contribution in [0.25, 0.3) is 0 Å². The Morgan fingerprint density at radius 3 is 2.37 bits per heavy atom. The Balaban J connectivity index is 1.61. The lowest BCUT2D eigenvalue weighted by Crippen LogP contribution is -2.50. The number of fused-ring (bicyclic) bond motifs is 2. The molecule has 0 radical (unpaired) electrons. The van der Waals surface area contributed by atoms with Crippen LogP contribution in [0.4, 0.5) is 5.69 Å². The van der Waals surface area contributed by atoms with Gasteiger partial charge in [-0.05, 0) is 48.7 Å². The van der Waals surface area contributed by atoms with Crippen LogP contribution >= 0.6 is 11.6 Å². The molecule has 0 aromatic heterocycles. The summed E-state index contributed by atoms with van der Waals surface area (Å²) in [5, 5.41) is 0.463. The SMILES string of the molecule is COC(=O)CN1C(=O)C2(CCN(S(=O)(=O)c3ccc(Cl)cc3)CC2)c2ccccc21. The van der Waals surface area contributed by atoms with Gasteiger partial charge < -0.3 is 9.64 Å². The standard InChI is InChI=1S/C21H21ClN2O5S/c1-29-19(25)14-24-18-5-3-2-4-17(18)21(20(24)26)10-12-23(13-11-21)30(27,28)16-8-6-15(22)7-9-16/h2-9H,10-14H2,1H3. The first kappa shape index (κ1) is 20.8. The van der Waals surface area contributed by atoms with E-state index in [1.165, 1.54) is 28.4 Å². The minimum Gasteiger partial charge on any atom is -0.468 e. The molecule has 2 aliphatic rings. The second kappa shape index (κ2) is 7.68. The van der Waals surface area contributed by atoms with Gasteiger partial charge in [0.05, 0.1) is 17.4 Å². The number of carbonyl (C=O) groups is 2. The van der Waals surface area contributed by atoms with Crippen molar-refractivity contribution in [3.05, 3.63) is 59.1 Å². The number of halogens is 1. The zero-order chi connectivity index (χ0) is 21.5. The van der Waals surface area contributed by atoms with E-state index in [4.69, 9.17) is 16.3 Å². The second-order valence-corrected chi connectivity index (χ2v) is 9.80. The first-order valence-corrected chi connectivity index (χ1v) is 11.4. The third-order valence-electron chi connectivity index (χ3n) is 5.91. The summed E-state index contributed by atoms with van der Waals surface area (Å²) in [6.45, 7) is 0.245. The Morgan fingerprint density at radius 1 is 1.10 bits per heavy atom. The monoisotopic (exact) mass is 448 g/mol. The molecular weight excluding hydrogens is 428 g/mol. The molecule has 0 atom stereocenters. The third kappa shape index (κ3) is 3.29. The zero-order valence-corrected chi connectivity index (χ0v) is 17.9. The first-order valence-electron chi connectivity index (χ1n) is 9.53. The van der Waals surface area contributed by atoms with E-state index < -0.39 is 21.4 Å².